The number of aromatic amines is 1. The Bertz CT molecular complexity index is 855. The monoisotopic (exact) mass is 356 g/mol. The molecule has 0 bridgehead atoms. The molecule has 0 saturated carbocycles. The number of pyridine rings is 1. The number of likely N-dealkylation sites (tertiary alicyclic amines) is 1. The third-order valence-corrected chi connectivity index (χ3v) is 5.12. The molecule has 1 aromatic heterocycles. The van der Waals surface area contributed by atoms with Crippen LogP contribution in [0.2, 0.25) is 0 Å². The number of nitrogens with one attached hydrogen (secondary N) is 1. The number of hydrogen-bond donors (Lipinski definition) is 2. The number of aliphatic hydroxyl groups is 1. The van der Waals surface area contributed by atoms with Crippen LogP contribution < -0.4 is 10.3 Å². The number of carbonyl (C=O) groups excluding carboxylic acids is 1. The van der Waals surface area contributed by atoms with E-state index in [1.54, 1.807) is 62.3 Å². The van der Waals surface area contributed by atoms with Gasteiger partial charge in [-0.2, -0.15) is 0 Å². The summed E-state index contributed by atoms with van der Waals surface area (Å²) in [6.45, 7) is 4.00. The summed E-state index contributed by atoms with van der Waals surface area (Å²) in [4.78, 5) is 29.4. The van der Waals surface area contributed by atoms with E-state index in [0.29, 0.717) is 30.0 Å². The van der Waals surface area contributed by atoms with Crippen molar-refractivity contribution < 1.29 is 14.6 Å². The summed E-state index contributed by atoms with van der Waals surface area (Å²) in [6, 6.07) is 10.0. The molecular weight excluding hydrogens is 332 g/mol. The van der Waals surface area contributed by atoms with Crippen LogP contribution in [0.3, 0.4) is 0 Å². The highest BCUT2D eigenvalue weighted by molar-refractivity contribution is 5.94. The van der Waals surface area contributed by atoms with Crippen molar-refractivity contribution in [3.05, 3.63) is 63.6 Å². The number of hydrogen-bond acceptors (Lipinski definition) is 4. The first-order valence-corrected chi connectivity index (χ1v) is 8.72. The van der Waals surface area contributed by atoms with Crippen molar-refractivity contribution in [2.45, 2.75) is 38.3 Å². The number of carbonyl (C=O) groups is 1. The Morgan fingerprint density at radius 3 is 2.58 bits per heavy atom. The lowest BCUT2D eigenvalue weighted by Gasteiger charge is -2.37. The molecule has 1 saturated heterocycles. The molecule has 2 N–H and O–H groups in total. The van der Waals surface area contributed by atoms with Crippen molar-refractivity contribution >= 4 is 5.91 Å². The summed E-state index contributed by atoms with van der Waals surface area (Å²) < 4.78 is 5.16. The molecule has 6 nitrogen and oxygen atoms in total. The van der Waals surface area contributed by atoms with E-state index in [2.05, 4.69) is 4.98 Å². The molecule has 3 rings (SSSR count). The first-order chi connectivity index (χ1) is 12.3. The van der Waals surface area contributed by atoms with E-state index in [-0.39, 0.29) is 11.5 Å². The number of ether oxygens (including phenoxy) is 1. The van der Waals surface area contributed by atoms with E-state index >= 15 is 0 Å². The lowest BCUT2D eigenvalue weighted by Crippen LogP contribution is -2.49. The van der Waals surface area contributed by atoms with Gasteiger partial charge >= 0.3 is 0 Å². The minimum absolute atomic E-state index is 0.105. The zero-order valence-electron chi connectivity index (χ0n) is 15.3. The van der Waals surface area contributed by atoms with Gasteiger partial charge in [-0.25, -0.2) is 0 Å². The van der Waals surface area contributed by atoms with E-state index in [1.165, 1.54) is 0 Å². The minimum Gasteiger partial charge on any atom is -0.497 e. The van der Waals surface area contributed by atoms with Gasteiger partial charge in [-0.1, -0.05) is 12.1 Å². The average molecular weight is 356 g/mol. The Balaban J connectivity index is 1.91. The van der Waals surface area contributed by atoms with Gasteiger partial charge in [-0.3, -0.25) is 9.59 Å². The maximum Gasteiger partial charge on any atom is 0.260 e. The Kier molecular flexibility index (Phi) is 4.87. The number of aromatic nitrogens is 1. The van der Waals surface area contributed by atoms with Gasteiger partial charge in [-0.15, -0.1) is 0 Å². The van der Waals surface area contributed by atoms with E-state index in [0.717, 1.165) is 6.42 Å². The lowest BCUT2D eigenvalue weighted by molar-refractivity contribution is -0.0178. The van der Waals surface area contributed by atoms with Crippen LogP contribution in [0.4, 0.5) is 0 Å². The summed E-state index contributed by atoms with van der Waals surface area (Å²) in [5, 5.41) is 11.2. The normalized spacial score (nSPS) is 19.2. The van der Waals surface area contributed by atoms with Gasteiger partial charge in [0.2, 0.25) is 0 Å². The number of aryl methyl sites for hydroxylation is 1. The number of amides is 1. The van der Waals surface area contributed by atoms with Crippen LogP contribution in [0.1, 0.15) is 41.4 Å². The predicted molar refractivity (Wildman–Crippen MR) is 98.4 cm³/mol. The molecule has 2 aromatic rings. The van der Waals surface area contributed by atoms with Crippen LogP contribution in [0.15, 0.2) is 41.2 Å². The first kappa shape index (κ1) is 18.2. The number of methoxy groups -OCH3 is 1. The maximum atomic E-state index is 12.9. The van der Waals surface area contributed by atoms with Gasteiger partial charge < -0.3 is 19.7 Å². The van der Waals surface area contributed by atoms with Gasteiger partial charge in [0.1, 0.15) is 16.9 Å². The van der Waals surface area contributed by atoms with Crippen LogP contribution in [-0.4, -0.2) is 40.6 Å². The van der Waals surface area contributed by atoms with Crippen LogP contribution in [0.5, 0.6) is 5.75 Å². The van der Waals surface area contributed by atoms with Crippen molar-refractivity contribution in [3.8, 4) is 5.75 Å². The molecule has 0 radical (unpaired) electrons. The Hall–Kier alpha value is -2.60. The van der Waals surface area contributed by atoms with E-state index in [4.69, 9.17) is 4.74 Å². The standard InChI is InChI=1S/C20H24N2O4/c1-13-6-11-16(18(23)21-13)19(24)22-12-4-5-17(22)20(2,25)14-7-9-15(26-3)10-8-14/h6-11,17,25H,4-5,12H2,1-3H3,(H,21,23)/t17-,20+/m1/s1. The van der Waals surface area contributed by atoms with Gasteiger partial charge in [0, 0.05) is 12.2 Å². The predicted octanol–water partition coefficient (Wildman–Crippen LogP) is 2.20. The molecule has 1 amide bonds. The topological polar surface area (TPSA) is 82.6 Å². The quantitative estimate of drug-likeness (QED) is 0.880. The van der Waals surface area contributed by atoms with Crippen LogP contribution >= 0.6 is 0 Å². The molecule has 1 aromatic carbocycles. The number of rotatable bonds is 4. The molecule has 0 aliphatic carbocycles. The number of H-pyrrole nitrogens is 1. The average Bonchev–Trinajstić information content (AvgIpc) is 3.12. The molecule has 1 fully saturated rings. The molecule has 26 heavy (non-hydrogen) atoms. The van der Waals surface area contributed by atoms with Crippen molar-refractivity contribution in [1.29, 1.82) is 0 Å². The molecule has 0 spiro atoms. The fourth-order valence-electron chi connectivity index (χ4n) is 3.61. The summed E-state index contributed by atoms with van der Waals surface area (Å²) >= 11 is 0. The highest BCUT2D eigenvalue weighted by Crippen LogP contribution is 2.35. The van der Waals surface area contributed by atoms with Gasteiger partial charge in [0.15, 0.2) is 0 Å². The molecule has 2 atom stereocenters. The van der Waals surface area contributed by atoms with Crippen LogP contribution in [0, 0.1) is 6.92 Å². The Morgan fingerprint density at radius 1 is 1.27 bits per heavy atom. The largest absolute Gasteiger partial charge is 0.497 e. The zero-order valence-corrected chi connectivity index (χ0v) is 15.3. The van der Waals surface area contributed by atoms with Crippen molar-refractivity contribution in [2.75, 3.05) is 13.7 Å². The smallest absolute Gasteiger partial charge is 0.260 e. The second-order valence-corrected chi connectivity index (χ2v) is 6.92. The fourth-order valence-corrected chi connectivity index (χ4v) is 3.61. The second-order valence-electron chi connectivity index (χ2n) is 6.92. The van der Waals surface area contributed by atoms with Crippen molar-refractivity contribution in [3.63, 3.8) is 0 Å². The van der Waals surface area contributed by atoms with E-state index < -0.39 is 17.2 Å². The van der Waals surface area contributed by atoms with E-state index in [1.807, 2.05) is 0 Å². The molecule has 2 heterocycles. The van der Waals surface area contributed by atoms with Crippen LogP contribution in [-0.2, 0) is 5.60 Å². The number of benzene rings is 1. The second kappa shape index (κ2) is 6.96. The maximum absolute atomic E-state index is 12.9. The fraction of sp³-hybridized carbons (Fsp3) is 0.400. The molecule has 1 aliphatic heterocycles. The third kappa shape index (κ3) is 3.24. The first-order valence-electron chi connectivity index (χ1n) is 8.72. The van der Waals surface area contributed by atoms with Crippen LogP contribution in [0.25, 0.3) is 0 Å². The molecule has 1 aliphatic rings. The zero-order chi connectivity index (χ0) is 18.9. The highest BCUT2D eigenvalue weighted by Gasteiger charge is 2.43. The Morgan fingerprint density at radius 2 is 1.96 bits per heavy atom. The molecule has 6 heteroatoms. The summed E-state index contributed by atoms with van der Waals surface area (Å²) in [5.74, 6) is 0.359. The van der Waals surface area contributed by atoms with Gasteiger partial charge in [0.25, 0.3) is 11.5 Å². The van der Waals surface area contributed by atoms with Crippen molar-refractivity contribution in [1.82, 2.24) is 9.88 Å². The SMILES string of the molecule is COc1ccc([C@](C)(O)[C@H]2CCCN2C(=O)c2ccc(C)[nH]c2=O)cc1. The summed E-state index contributed by atoms with van der Waals surface area (Å²) in [5.41, 5.74) is -0.107. The minimum atomic E-state index is -1.23. The number of nitrogens with zero attached hydrogens (tertiary/aromatic N) is 1. The summed E-state index contributed by atoms with van der Waals surface area (Å²) in [6.07, 6.45) is 1.46. The molecule has 0 unspecified atom stereocenters. The summed E-state index contributed by atoms with van der Waals surface area (Å²) in [7, 11) is 1.59. The van der Waals surface area contributed by atoms with Crippen molar-refractivity contribution in [2.24, 2.45) is 0 Å². The molecular formula is C20H24N2O4. The Labute approximate surface area is 152 Å². The van der Waals surface area contributed by atoms with Gasteiger partial charge in [-0.05, 0) is 56.5 Å². The van der Waals surface area contributed by atoms with Gasteiger partial charge in [0.05, 0.1) is 13.2 Å². The lowest BCUT2D eigenvalue weighted by atomic mass is 9.86. The third-order valence-electron chi connectivity index (χ3n) is 5.12. The van der Waals surface area contributed by atoms with E-state index in [9.17, 15) is 14.7 Å². The highest BCUT2D eigenvalue weighted by atomic mass is 16.5. The molecule has 138 valence electrons.